The molecule has 1 aliphatic rings. The third kappa shape index (κ3) is 3.45. The number of fused-ring (bicyclic) bond motifs is 1. The number of H-pyrrole nitrogens is 1. The maximum Gasteiger partial charge on any atom is 0.227 e. The second-order valence-corrected chi connectivity index (χ2v) is 6.75. The average molecular weight is 327 g/mol. The minimum absolute atomic E-state index is 0.0125. The van der Waals surface area contributed by atoms with Crippen molar-refractivity contribution in [3.63, 3.8) is 0 Å². The molecule has 5 nitrogen and oxygen atoms in total. The van der Waals surface area contributed by atoms with Gasteiger partial charge in [-0.2, -0.15) is 0 Å². The molecule has 0 unspecified atom stereocenters. The third-order valence-electron chi connectivity index (χ3n) is 4.67. The van der Waals surface area contributed by atoms with E-state index < -0.39 is 0 Å². The summed E-state index contributed by atoms with van der Waals surface area (Å²) >= 11 is 0. The Morgan fingerprint density at radius 1 is 1.08 bits per heavy atom. The van der Waals surface area contributed by atoms with Gasteiger partial charge >= 0.3 is 0 Å². The first-order chi connectivity index (χ1) is 11.6. The molecule has 1 fully saturated rings. The molecule has 0 aliphatic carbocycles. The normalized spacial score (nSPS) is 15.8. The van der Waals surface area contributed by atoms with Crippen molar-refractivity contribution in [2.75, 3.05) is 26.2 Å². The van der Waals surface area contributed by atoms with Crippen LogP contribution in [0.4, 0.5) is 0 Å². The quantitative estimate of drug-likeness (QED) is 0.941. The van der Waals surface area contributed by atoms with E-state index in [2.05, 4.69) is 4.98 Å². The summed E-state index contributed by atoms with van der Waals surface area (Å²) in [5.41, 5.74) is 2.10. The van der Waals surface area contributed by atoms with Gasteiger partial charge in [0.2, 0.25) is 11.8 Å². The van der Waals surface area contributed by atoms with Crippen LogP contribution in [0.2, 0.25) is 0 Å². The van der Waals surface area contributed by atoms with Crippen molar-refractivity contribution < 1.29 is 9.59 Å². The molecule has 24 heavy (non-hydrogen) atoms. The number of rotatable bonds is 3. The van der Waals surface area contributed by atoms with Crippen LogP contribution in [0.1, 0.15) is 25.8 Å². The Balaban J connectivity index is 1.64. The van der Waals surface area contributed by atoms with E-state index in [0.717, 1.165) is 36.0 Å². The fourth-order valence-electron chi connectivity index (χ4n) is 3.30. The van der Waals surface area contributed by atoms with Gasteiger partial charge in [-0.05, 0) is 18.1 Å². The maximum atomic E-state index is 12.7. The van der Waals surface area contributed by atoms with Crippen LogP contribution in [-0.4, -0.2) is 52.8 Å². The van der Waals surface area contributed by atoms with Gasteiger partial charge < -0.3 is 14.8 Å². The summed E-state index contributed by atoms with van der Waals surface area (Å²) in [6, 6.07) is 8.04. The SMILES string of the molecule is CC(C)C(=O)N1CCCN(C(=O)Cc2c[nH]c3ccccc23)CC1. The van der Waals surface area contributed by atoms with Crippen molar-refractivity contribution in [2.24, 2.45) is 5.92 Å². The van der Waals surface area contributed by atoms with Crippen LogP contribution in [0, 0.1) is 5.92 Å². The Morgan fingerprint density at radius 2 is 1.79 bits per heavy atom. The Bertz CT molecular complexity index is 735. The molecule has 1 N–H and O–H groups in total. The first-order valence-electron chi connectivity index (χ1n) is 8.68. The Labute approximate surface area is 142 Å². The van der Waals surface area contributed by atoms with Crippen LogP contribution >= 0.6 is 0 Å². The van der Waals surface area contributed by atoms with E-state index in [4.69, 9.17) is 0 Å². The number of nitrogens with zero attached hydrogens (tertiary/aromatic N) is 2. The van der Waals surface area contributed by atoms with Crippen LogP contribution in [-0.2, 0) is 16.0 Å². The van der Waals surface area contributed by atoms with Gasteiger partial charge in [-0.3, -0.25) is 9.59 Å². The van der Waals surface area contributed by atoms with Crippen molar-refractivity contribution in [3.8, 4) is 0 Å². The fraction of sp³-hybridized carbons (Fsp3) is 0.474. The molecule has 0 spiro atoms. The smallest absolute Gasteiger partial charge is 0.227 e. The van der Waals surface area contributed by atoms with Crippen LogP contribution in [0.3, 0.4) is 0 Å². The number of carbonyl (C=O) groups is 2. The zero-order valence-electron chi connectivity index (χ0n) is 14.4. The van der Waals surface area contributed by atoms with Gasteiger partial charge in [-0.15, -0.1) is 0 Å². The van der Waals surface area contributed by atoms with E-state index >= 15 is 0 Å². The number of para-hydroxylation sites is 1. The molecule has 0 radical (unpaired) electrons. The van der Waals surface area contributed by atoms with Gasteiger partial charge in [0.15, 0.2) is 0 Å². The second-order valence-electron chi connectivity index (χ2n) is 6.75. The highest BCUT2D eigenvalue weighted by molar-refractivity contribution is 5.89. The number of amides is 2. The lowest BCUT2D eigenvalue weighted by Crippen LogP contribution is -2.39. The molecule has 0 atom stereocenters. The van der Waals surface area contributed by atoms with Crippen LogP contribution < -0.4 is 0 Å². The monoisotopic (exact) mass is 327 g/mol. The zero-order valence-corrected chi connectivity index (χ0v) is 14.4. The molecule has 5 heteroatoms. The lowest BCUT2D eigenvalue weighted by molar-refractivity contribution is -0.135. The molecular weight excluding hydrogens is 302 g/mol. The number of hydrogen-bond donors (Lipinski definition) is 1. The number of nitrogens with one attached hydrogen (secondary N) is 1. The van der Waals surface area contributed by atoms with E-state index in [1.807, 2.05) is 54.1 Å². The van der Waals surface area contributed by atoms with Crippen molar-refractivity contribution in [1.82, 2.24) is 14.8 Å². The molecule has 1 saturated heterocycles. The number of hydrogen-bond acceptors (Lipinski definition) is 2. The molecular formula is C19H25N3O2. The summed E-state index contributed by atoms with van der Waals surface area (Å²) in [7, 11) is 0. The molecule has 0 bridgehead atoms. The van der Waals surface area contributed by atoms with Crippen LogP contribution in [0.25, 0.3) is 10.9 Å². The van der Waals surface area contributed by atoms with E-state index in [1.54, 1.807) is 0 Å². The highest BCUT2D eigenvalue weighted by Gasteiger charge is 2.23. The Kier molecular flexibility index (Phi) is 4.88. The highest BCUT2D eigenvalue weighted by Crippen LogP contribution is 2.19. The summed E-state index contributed by atoms with van der Waals surface area (Å²) in [4.78, 5) is 31.8. The molecule has 128 valence electrons. The van der Waals surface area contributed by atoms with Gasteiger partial charge in [0.25, 0.3) is 0 Å². The molecule has 2 amide bonds. The molecule has 3 rings (SSSR count). The van der Waals surface area contributed by atoms with Gasteiger partial charge in [0.05, 0.1) is 6.42 Å². The zero-order chi connectivity index (χ0) is 17.1. The lowest BCUT2D eigenvalue weighted by atomic mass is 10.1. The molecule has 2 heterocycles. The van der Waals surface area contributed by atoms with E-state index in [0.29, 0.717) is 19.5 Å². The van der Waals surface area contributed by atoms with Gasteiger partial charge in [0, 0.05) is 49.2 Å². The average Bonchev–Trinajstić information content (AvgIpc) is 2.82. The number of benzene rings is 1. The minimum atomic E-state index is 0.0125. The predicted molar refractivity (Wildman–Crippen MR) is 94.6 cm³/mol. The number of aromatic amines is 1. The maximum absolute atomic E-state index is 12.7. The largest absolute Gasteiger partial charge is 0.361 e. The van der Waals surface area contributed by atoms with E-state index in [1.165, 1.54) is 0 Å². The molecule has 1 aromatic carbocycles. The second kappa shape index (κ2) is 7.07. The number of aromatic nitrogens is 1. The Hall–Kier alpha value is -2.30. The third-order valence-corrected chi connectivity index (χ3v) is 4.67. The molecule has 1 aromatic heterocycles. The van der Waals surface area contributed by atoms with E-state index in [-0.39, 0.29) is 17.7 Å². The van der Waals surface area contributed by atoms with E-state index in [9.17, 15) is 9.59 Å². The standard InChI is InChI=1S/C19H25N3O2/c1-14(2)19(24)22-9-5-8-21(10-11-22)18(23)12-15-13-20-17-7-4-3-6-16(15)17/h3-4,6-7,13-14,20H,5,8-12H2,1-2H3. The van der Waals surface area contributed by atoms with Gasteiger partial charge in [0.1, 0.15) is 0 Å². The van der Waals surface area contributed by atoms with Gasteiger partial charge in [-0.1, -0.05) is 32.0 Å². The first-order valence-corrected chi connectivity index (χ1v) is 8.68. The van der Waals surface area contributed by atoms with Crippen molar-refractivity contribution in [2.45, 2.75) is 26.7 Å². The Morgan fingerprint density at radius 3 is 2.58 bits per heavy atom. The van der Waals surface area contributed by atoms with Crippen LogP contribution in [0.5, 0.6) is 0 Å². The highest BCUT2D eigenvalue weighted by atomic mass is 16.2. The summed E-state index contributed by atoms with van der Waals surface area (Å²) in [5.74, 6) is 0.331. The minimum Gasteiger partial charge on any atom is -0.361 e. The van der Waals surface area contributed by atoms with Gasteiger partial charge in [-0.25, -0.2) is 0 Å². The topological polar surface area (TPSA) is 56.4 Å². The van der Waals surface area contributed by atoms with Crippen molar-refractivity contribution >= 4 is 22.7 Å². The summed E-state index contributed by atoms with van der Waals surface area (Å²) in [5, 5.41) is 1.11. The van der Waals surface area contributed by atoms with Crippen molar-refractivity contribution in [1.29, 1.82) is 0 Å². The summed E-state index contributed by atoms with van der Waals surface area (Å²) < 4.78 is 0. The molecule has 1 aliphatic heterocycles. The predicted octanol–water partition coefficient (Wildman–Crippen LogP) is 2.43. The molecule has 2 aromatic rings. The van der Waals surface area contributed by atoms with Crippen LogP contribution in [0.15, 0.2) is 30.5 Å². The number of carbonyl (C=O) groups excluding carboxylic acids is 2. The van der Waals surface area contributed by atoms with Crippen molar-refractivity contribution in [3.05, 3.63) is 36.0 Å². The lowest BCUT2D eigenvalue weighted by Gasteiger charge is -2.23. The summed E-state index contributed by atoms with van der Waals surface area (Å²) in [6.07, 6.45) is 3.18. The molecule has 0 saturated carbocycles. The fourth-order valence-corrected chi connectivity index (χ4v) is 3.30. The summed E-state index contributed by atoms with van der Waals surface area (Å²) in [6.45, 7) is 6.58. The first kappa shape index (κ1) is 16.6.